The SMILES string of the molecule is CN1C(=O)C(N)CC2N=CCC=C21.Cl. The quantitative estimate of drug-likeness (QED) is 0.633. The lowest BCUT2D eigenvalue weighted by molar-refractivity contribution is -0.131. The largest absolute Gasteiger partial charge is 0.320 e. The minimum Gasteiger partial charge on any atom is -0.320 e. The summed E-state index contributed by atoms with van der Waals surface area (Å²) >= 11 is 0. The summed E-state index contributed by atoms with van der Waals surface area (Å²) in [6, 6.07) is -0.283. The fourth-order valence-electron chi connectivity index (χ4n) is 1.83. The van der Waals surface area contributed by atoms with Gasteiger partial charge in [0, 0.05) is 25.4 Å². The van der Waals surface area contributed by atoms with Gasteiger partial charge in [-0.3, -0.25) is 9.79 Å². The first-order chi connectivity index (χ1) is 6.20. The van der Waals surface area contributed by atoms with Crippen LogP contribution in [0.25, 0.3) is 0 Å². The van der Waals surface area contributed by atoms with Crippen molar-refractivity contribution in [1.82, 2.24) is 4.90 Å². The van der Waals surface area contributed by atoms with Gasteiger partial charge in [-0.15, -0.1) is 12.4 Å². The number of nitrogens with zero attached hydrogens (tertiary/aromatic N) is 2. The lowest BCUT2D eigenvalue weighted by atomic mass is 9.96. The molecule has 0 aromatic heterocycles. The molecular weight excluding hydrogens is 202 g/mol. The molecule has 4 nitrogen and oxygen atoms in total. The van der Waals surface area contributed by atoms with Crippen LogP contribution in [0.4, 0.5) is 0 Å². The number of allylic oxidation sites excluding steroid dienone is 1. The van der Waals surface area contributed by atoms with E-state index in [0.717, 1.165) is 12.1 Å². The van der Waals surface area contributed by atoms with Crippen LogP contribution in [0.2, 0.25) is 0 Å². The minimum absolute atomic E-state index is 0. The summed E-state index contributed by atoms with van der Waals surface area (Å²) in [5, 5.41) is 0. The fraction of sp³-hybridized carbons (Fsp3) is 0.556. The van der Waals surface area contributed by atoms with Gasteiger partial charge in [0.15, 0.2) is 0 Å². The Kier molecular flexibility index (Phi) is 3.29. The molecule has 0 radical (unpaired) electrons. The van der Waals surface area contributed by atoms with Gasteiger partial charge in [-0.05, 0) is 6.42 Å². The van der Waals surface area contributed by atoms with Crippen molar-refractivity contribution < 1.29 is 4.79 Å². The lowest BCUT2D eigenvalue weighted by Gasteiger charge is -2.35. The van der Waals surface area contributed by atoms with Gasteiger partial charge in [-0.25, -0.2) is 0 Å². The number of carbonyl (C=O) groups excluding carboxylic acids is 1. The van der Waals surface area contributed by atoms with Gasteiger partial charge in [0.25, 0.3) is 0 Å². The van der Waals surface area contributed by atoms with Crippen molar-refractivity contribution in [2.24, 2.45) is 10.7 Å². The highest BCUT2D eigenvalue weighted by molar-refractivity contribution is 5.85. The van der Waals surface area contributed by atoms with Crippen molar-refractivity contribution in [3.63, 3.8) is 0 Å². The van der Waals surface area contributed by atoms with E-state index in [1.165, 1.54) is 0 Å². The molecule has 2 aliphatic heterocycles. The summed E-state index contributed by atoms with van der Waals surface area (Å²) in [7, 11) is 1.76. The Morgan fingerprint density at radius 1 is 1.64 bits per heavy atom. The van der Waals surface area contributed by atoms with Crippen LogP contribution in [0, 0.1) is 0 Å². The van der Waals surface area contributed by atoms with Crippen LogP contribution in [0.5, 0.6) is 0 Å². The lowest BCUT2D eigenvalue weighted by Crippen LogP contribution is -2.50. The molecule has 78 valence electrons. The third kappa shape index (κ3) is 1.67. The zero-order chi connectivity index (χ0) is 9.42. The summed E-state index contributed by atoms with van der Waals surface area (Å²) in [5.41, 5.74) is 6.69. The fourth-order valence-corrected chi connectivity index (χ4v) is 1.83. The van der Waals surface area contributed by atoms with E-state index in [1.54, 1.807) is 11.9 Å². The Bertz CT molecular complexity index is 296. The van der Waals surface area contributed by atoms with E-state index in [9.17, 15) is 4.79 Å². The normalized spacial score (nSPS) is 30.6. The Hall–Kier alpha value is -0.870. The first-order valence-corrected chi connectivity index (χ1v) is 4.45. The minimum atomic E-state index is -0.387. The van der Waals surface area contributed by atoms with Crippen molar-refractivity contribution >= 4 is 24.5 Å². The second-order valence-corrected chi connectivity index (χ2v) is 3.45. The maximum absolute atomic E-state index is 11.5. The number of piperidine rings is 1. The van der Waals surface area contributed by atoms with E-state index in [1.807, 2.05) is 12.3 Å². The molecule has 5 heteroatoms. The van der Waals surface area contributed by atoms with Crippen LogP contribution in [-0.4, -0.2) is 36.2 Å². The summed E-state index contributed by atoms with van der Waals surface area (Å²) in [6.45, 7) is 0. The van der Waals surface area contributed by atoms with E-state index in [0.29, 0.717) is 6.42 Å². The number of hydrogen-bond acceptors (Lipinski definition) is 3. The molecule has 2 unspecified atom stereocenters. The smallest absolute Gasteiger partial charge is 0.243 e. The number of fused-ring (bicyclic) bond motifs is 1. The number of rotatable bonds is 0. The zero-order valence-corrected chi connectivity index (χ0v) is 8.83. The summed E-state index contributed by atoms with van der Waals surface area (Å²) in [5.74, 6) is -0.000370. The van der Waals surface area contributed by atoms with Crippen molar-refractivity contribution in [3.05, 3.63) is 11.8 Å². The number of amides is 1. The number of halogens is 1. The summed E-state index contributed by atoms with van der Waals surface area (Å²) in [4.78, 5) is 17.4. The predicted octanol–water partition coefficient (Wildman–Crippen LogP) is 0.325. The number of dihydropyridines is 1. The maximum atomic E-state index is 11.5. The van der Waals surface area contributed by atoms with Gasteiger partial charge < -0.3 is 10.6 Å². The van der Waals surface area contributed by atoms with Crippen molar-refractivity contribution in [2.75, 3.05) is 7.05 Å². The highest BCUT2D eigenvalue weighted by Gasteiger charge is 2.34. The van der Waals surface area contributed by atoms with Gasteiger partial charge in [-0.1, -0.05) is 6.08 Å². The highest BCUT2D eigenvalue weighted by atomic mass is 35.5. The van der Waals surface area contributed by atoms with Crippen LogP contribution in [0.15, 0.2) is 16.8 Å². The predicted molar refractivity (Wildman–Crippen MR) is 57.6 cm³/mol. The molecule has 1 saturated heterocycles. The molecule has 2 aliphatic rings. The first-order valence-electron chi connectivity index (χ1n) is 4.45. The van der Waals surface area contributed by atoms with Gasteiger partial charge in [0.2, 0.25) is 5.91 Å². The molecule has 0 saturated carbocycles. The van der Waals surface area contributed by atoms with Gasteiger partial charge in [0.05, 0.1) is 12.1 Å². The van der Waals surface area contributed by atoms with Gasteiger partial charge in [-0.2, -0.15) is 0 Å². The van der Waals surface area contributed by atoms with Crippen LogP contribution in [0.3, 0.4) is 0 Å². The molecule has 14 heavy (non-hydrogen) atoms. The third-order valence-electron chi connectivity index (χ3n) is 2.57. The van der Waals surface area contributed by atoms with E-state index in [2.05, 4.69) is 4.99 Å². The van der Waals surface area contributed by atoms with Crippen LogP contribution < -0.4 is 5.73 Å². The van der Waals surface area contributed by atoms with Crippen molar-refractivity contribution in [1.29, 1.82) is 0 Å². The molecular formula is C9H14ClN3O. The second kappa shape index (κ2) is 4.11. The van der Waals surface area contributed by atoms with Gasteiger partial charge in [0.1, 0.15) is 0 Å². The van der Waals surface area contributed by atoms with Crippen LogP contribution in [-0.2, 0) is 4.79 Å². The molecule has 2 atom stereocenters. The van der Waals surface area contributed by atoms with Crippen molar-refractivity contribution in [2.45, 2.75) is 24.9 Å². The number of aliphatic imine (C=N–C) groups is 1. The Morgan fingerprint density at radius 3 is 3.07 bits per heavy atom. The monoisotopic (exact) mass is 215 g/mol. The molecule has 0 bridgehead atoms. The van der Waals surface area contributed by atoms with E-state index >= 15 is 0 Å². The number of hydrogen-bond donors (Lipinski definition) is 1. The van der Waals surface area contributed by atoms with Gasteiger partial charge >= 0.3 is 0 Å². The molecule has 2 N–H and O–H groups in total. The molecule has 2 rings (SSSR count). The van der Waals surface area contributed by atoms with Crippen LogP contribution >= 0.6 is 12.4 Å². The molecule has 0 aromatic rings. The topological polar surface area (TPSA) is 58.7 Å². The Balaban J connectivity index is 0.000000980. The molecule has 0 aromatic carbocycles. The Labute approximate surface area is 89.3 Å². The van der Waals surface area contributed by atoms with E-state index in [4.69, 9.17) is 5.73 Å². The standard InChI is InChI=1S/C9H13N3O.ClH/c1-12-8-3-2-4-11-7(8)5-6(10)9(12)13;/h3-4,6-7H,2,5,10H2,1H3;1H. The molecule has 1 fully saturated rings. The average molecular weight is 216 g/mol. The molecule has 1 amide bonds. The number of carbonyl (C=O) groups is 1. The maximum Gasteiger partial charge on any atom is 0.243 e. The Morgan fingerprint density at radius 2 is 2.36 bits per heavy atom. The van der Waals surface area contributed by atoms with Crippen LogP contribution in [0.1, 0.15) is 12.8 Å². The summed E-state index contributed by atoms with van der Waals surface area (Å²) in [6.07, 6.45) is 5.39. The highest BCUT2D eigenvalue weighted by Crippen LogP contribution is 2.25. The van der Waals surface area contributed by atoms with Crippen molar-refractivity contribution in [3.8, 4) is 0 Å². The molecule has 0 spiro atoms. The number of likely N-dealkylation sites (N-methyl/N-ethyl adjacent to an activating group) is 1. The van der Waals surface area contributed by atoms with E-state index < -0.39 is 0 Å². The van der Waals surface area contributed by atoms with E-state index in [-0.39, 0.29) is 30.4 Å². The zero-order valence-electron chi connectivity index (χ0n) is 8.01. The molecule has 0 aliphatic carbocycles. The first kappa shape index (κ1) is 11.2. The second-order valence-electron chi connectivity index (χ2n) is 3.45. The summed E-state index contributed by atoms with van der Waals surface area (Å²) < 4.78 is 0. The number of likely N-dealkylation sites (tertiary alicyclic amines) is 1. The number of nitrogens with two attached hydrogens (primary N) is 1. The third-order valence-corrected chi connectivity index (χ3v) is 2.57. The molecule has 2 heterocycles. The average Bonchev–Trinajstić information content (AvgIpc) is 2.15.